The molecule has 0 aliphatic carbocycles. The summed E-state index contributed by atoms with van der Waals surface area (Å²) in [6.45, 7) is 2.09. The maximum Gasteiger partial charge on any atom is 0.123 e. The van der Waals surface area contributed by atoms with Crippen LogP contribution in [0.25, 0.3) is 0 Å². The Morgan fingerprint density at radius 3 is 2.29 bits per heavy atom. The topological polar surface area (TPSA) is 9.23 Å². The summed E-state index contributed by atoms with van der Waals surface area (Å²) in [6.07, 6.45) is 0. The van der Waals surface area contributed by atoms with Gasteiger partial charge in [0.2, 0.25) is 0 Å². The largest absolute Gasteiger partial charge is 0.496 e. The van der Waals surface area contributed by atoms with Gasteiger partial charge in [-0.3, -0.25) is 0 Å². The molecule has 1 atom stereocenters. The van der Waals surface area contributed by atoms with Crippen LogP contribution in [0.4, 0.5) is 0 Å². The highest BCUT2D eigenvalue weighted by Gasteiger charge is 2.14. The van der Waals surface area contributed by atoms with Gasteiger partial charge in [0.1, 0.15) is 5.75 Å². The molecule has 1 nitrogen and oxygen atoms in total. The first-order chi connectivity index (χ1) is 8.22. The minimum Gasteiger partial charge on any atom is -0.496 e. The first-order valence-corrected chi connectivity index (χ1v) is 6.47. The molecule has 2 aromatic rings. The summed E-state index contributed by atoms with van der Waals surface area (Å²) in [4.78, 5) is 0.166. The summed E-state index contributed by atoms with van der Waals surface area (Å²) in [5.41, 5.74) is 3.66. The lowest BCUT2D eigenvalue weighted by atomic mass is 10.0. The molecule has 2 aromatic carbocycles. The number of halogens is 1. The monoisotopic (exact) mass is 290 g/mol. The van der Waals surface area contributed by atoms with Gasteiger partial charge in [0.25, 0.3) is 0 Å². The van der Waals surface area contributed by atoms with Gasteiger partial charge < -0.3 is 4.74 Å². The molecule has 0 saturated heterocycles. The molecule has 2 heteroatoms. The van der Waals surface area contributed by atoms with Crippen LogP contribution in [0.3, 0.4) is 0 Å². The van der Waals surface area contributed by atoms with Crippen LogP contribution in [-0.4, -0.2) is 7.11 Å². The Bertz CT molecular complexity index is 491. The van der Waals surface area contributed by atoms with E-state index in [2.05, 4.69) is 53.2 Å². The van der Waals surface area contributed by atoms with Crippen LogP contribution in [-0.2, 0) is 0 Å². The van der Waals surface area contributed by atoms with Crippen LogP contribution in [0.15, 0.2) is 48.5 Å². The van der Waals surface area contributed by atoms with Crippen LogP contribution in [0.1, 0.15) is 21.5 Å². The molecule has 0 N–H and O–H groups in total. The molecule has 0 fully saturated rings. The van der Waals surface area contributed by atoms with Crippen LogP contribution >= 0.6 is 15.9 Å². The van der Waals surface area contributed by atoms with Gasteiger partial charge in [-0.25, -0.2) is 0 Å². The molecule has 1 unspecified atom stereocenters. The molecule has 0 heterocycles. The van der Waals surface area contributed by atoms with Crippen molar-refractivity contribution in [1.82, 2.24) is 0 Å². The average Bonchev–Trinajstić information content (AvgIpc) is 2.39. The standard InChI is InChI=1S/C15H15BrO/c1-11-7-9-12(10-8-11)15(16)13-5-3-4-6-14(13)17-2/h3-10,15H,1-2H3. The Kier molecular flexibility index (Phi) is 3.85. The van der Waals surface area contributed by atoms with Crippen molar-refractivity contribution in [3.8, 4) is 5.75 Å². The summed E-state index contributed by atoms with van der Waals surface area (Å²) in [5, 5.41) is 0. The lowest BCUT2D eigenvalue weighted by Gasteiger charge is -2.14. The number of benzene rings is 2. The van der Waals surface area contributed by atoms with E-state index >= 15 is 0 Å². The fourth-order valence-corrected chi connectivity index (χ4v) is 2.47. The number of hydrogen-bond donors (Lipinski definition) is 0. The molecule has 0 radical (unpaired) electrons. The number of hydrogen-bond acceptors (Lipinski definition) is 1. The third-order valence-corrected chi connectivity index (χ3v) is 3.80. The van der Waals surface area contributed by atoms with Gasteiger partial charge >= 0.3 is 0 Å². The number of aryl methyl sites for hydroxylation is 1. The number of rotatable bonds is 3. The average molecular weight is 291 g/mol. The molecular formula is C15H15BrO. The fourth-order valence-electron chi connectivity index (χ4n) is 1.79. The van der Waals surface area contributed by atoms with Crippen molar-refractivity contribution in [1.29, 1.82) is 0 Å². The SMILES string of the molecule is COc1ccccc1C(Br)c1ccc(C)cc1. The lowest BCUT2D eigenvalue weighted by Crippen LogP contribution is -1.96. The Morgan fingerprint density at radius 1 is 1.00 bits per heavy atom. The predicted octanol–water partition coefficient (Wildman–Crippen LogP) is 4.49. The van der Waals surface area contributed by atoms with Crippen LogP contribution in [0.5, 0.6) is 5.75 Å². The molecule has 0 bridgehead atoms. The quantitative estimate of drug-likeness (QED) is 0.757. The van der Waals surface area contributed by atoms with Crippen LogP contribution < -0.4 is 4.74 Å². The van der Waals surface area contributed by atoms with Crippen molar-refractivity contribution in [2.75, 3.05) is 7.11 Å². The highest BCUT2D eigenvalue weighted by atomic mass is 79.9. The minimum absolute atomic E-state index is 0.166. The smallest absolute Gasteiger partial charge is 0.123 e. The number of methoxy groups -OCH3 is 1. The van der Waals surface area contributed by atoms with E-state index in [-0.39, 0.29) is 4.83 Å². The summed E-state index contributed by atoms with van der Waals surface area (Å²) >= 11 is 3.73. The van der Waals surface area contributed by atoms with Gasteiger partial charge in [-0.1, -0.05) is 64.0 Å². The summed E-state index contributed by atoms with van der Waals surface area (Å²) < 4.78 is 5.38. The van der Waals surface area contributed by atoms with Crippen molar-refractivity contribution in [3.05, 3.63) is 65.2 Å². The van der Waals surface area contributed by atoms with Crippen LogP contribution in [0.2, 0.25) is 0 Å². The third kappa shape index (κ3) is 2.70. The maximum atomic E-state index is 5.38. The number of alkyl halides is 1. The molecule has 0 aliphatic heterocycles. The van der Waals surface area contributed by atoms with Gasteiger partial charge in [-0.05, 0) is 18.6 Å². The van der Waals surface area contributed by atoms with E-state index in [1.54, 1.807) is 7.11 Å². The second kappa shape index (κ2) is 5.37. The highest BCUT2D eigenvalue weighted by Crippen LogP contribution is 2.36. The van der Waals surface area contributed by atoms with E-state index in [1.807, 2.05) is 18.2 Å². The first-order valence-electron chi connectivity index (χ1n) is 5.56. The Balaban J connectivity index is 2.36. The van der Waals surface area contributed by atoms with E-state index in [9.17, 15) is 0 Å². The Labute approximate surface area is 111 Å². The molecule has 88 valence electrons. The Hall–Kier alpha value is -1.28. The molecule has 0 amide bonds. The van der Waals surface area contributed by atoms with Crippen molar-refractivity contribution >= 4 is 15.9 Å². The van der Waals surface area contributed by atoms with E-state index in [1.165, 1.54) is 11.1 Å². The first kappa shape index (κ1) is 12.2. The van der Waals surface area contributed by atoms with Gasteiger partial charge in [0, 0.05) is 5.56 Å². The second-order valence-corrected chi connectivity index (χ2v) is 4.93. The maximum absolute atomic E-state index is 5.38. The summed E-state index contributed by atoms with van der Waals surface area (Å²) in [6, 6.07) is 16.6. The van der Waals surface area contributed by atoms with Crippen molar-refractivity contribution < 1.29 is 4.74 Å². The summed E-state index contributed by atoms with van der Waals surface area (Å²) in [5.74, 6) is 0.912. The molecule has 0 spiro atoms. The van der Waals surface area contributed by atoms with E-state index in [4.69, 9.17) is 4.74 Å². The van der Waals surface area contributed by atoms with Gasteiger partial charge in [-0.15, -0.1) is 0 Å². The normalized spacial score (nSPS) is 12.2. The van der Waals surface area contributed by atoms with Gasteiger partial charge in [-0.2, -0.15) is 0 Å². The zero-order valence-corrected chi connectivity index (χ0v) is 11.6. The number of ether oxygens (including phenoxy) is 1. The van der Waals surface area contributed by atoms with Crippen molar-refractivity contribution in [2.45, 2.75) is 11.8 Å². The lowest BCUT2D eigenvalue weighted by molar-refractivity contribution is 0.410. The van der Waals surface area contributed by atoms with Crippen molar-refractivity contribution in [3.63, 3.8) is 0 Å². The highest BCUT2D eigenvalue weighted by molar-refractivity contribution is 9.09. The predicted molar refractivity (Wildman–Crippen MR) is 74.9 cm³/mol. The minimum atomic E-state index is 0.166. The molecule has 2 rings (SSSR count). The molecule has 0 aromatic heterocycles. The zero-order chi connectivity index (χ0) is 12.3. The van der Waals surface area contributed by atoms with E-state index in [0.717, 1.165) is 11.3 Å². The third-order valence-electron chi connectivity index (χ3n) is 2.78. The van der Waals surface area contributed by atoms with Crippen molar-refractivity contribution in [2.24, 2.45) is 0 Å². The number of para-hydroxylation sites is 1. The fraction of sp³-hybridized carbons (Fsp3) is 0.200. The molecule has 17 heavy (non-hydrogen) atoms. The molecular weight excluding hydrogens is 276 g/mol. The van der Waals surface area contributed by atoms with Crippen LogP contribution in [0, 0.1) is 6.92 Å². The summed E-state index contributed by atoms with van der Waals surface area (Å²) in [7, 11) is 1.70. The van der Waals surface area contributed by atoms with Gasteiger partial charge in [0.05, 0.1) is 11.9 Å². The Morgan fingerprint density at radius 2 is 1.65 bits per heavy atom. The van der Waals surface area contributed by atoms with E-state index < -0.39 is 0 Å². The van der Waals surface area contributed by atoms with Gasteiger partial charge in [0.15, 0.2) is 0 Å². The molecule has 0 saturated carbocycles. The second-order valence-electron chi connectivity index (χ2n) is 4.02. The van der Waals surface area contributed by atoms with E-state index in [0.29, 0.717) is 0 Å². The zero-order valence-electron chi connectivity index (χ0n) is 9.98. The molecule has 0 aliphatic rings.